The van der Waals surface area contributed by atoms with Crippen LogP contribution in [0.5, 0.6) is 5.75 Å². The van der Waals surface area contributed by atoms with Gasteiger partial charge in [0.25, 0.3) is 11.8 Å². The van der Waals surface area contributed by atoms with Crippen molar-refractivity contribution in [1.82, 2.24) is 5.32 Å². The van der Waals surface area contributed by atoms with Gasteiger partial charge in [-0.1, -0.05) is 29.8 Å². The minimum absolute atomic E-state index is 0.0769. The Balaban J connectivity index is 1.99. The molecule has 0 unspecified atom stereocenters. The summed E-state index contributed by atoms with van der Waals surface area (Å²) >= 11 is 0. The van der Waals surface area contributed by atoms with E-state index in [1.54, 1.807) is 36.4 Å². The Labute approximate surface area is 138 Å². The number of carbonyl (C=O) groups is 3. The molecule has 0 atom stereocenters. The van der Waals surface area contributed by atoms with Gasteiger partial charge in [-0.15, -0.1) is 0 Å². The maximum Gasteiger partial charge on any atom is 0.335 e. The molecule has 120 valence electrons. The zero-order chi connectivity index (χ0) is 17.3. The molecule has 3 rings (SSSR count). The van der Waals surface area contributed by atoms with Crippen LogP contribution in [0, 0.1) is 6.92 Å². The molecule has 2 N–H and O–H groups in total. The SMILES string of the molecule is Cc1ccc(N2C(=O)NC(=O)C(=Cc3ccc(O)cc3)C2=O)cc1. The fourth-order valence-electron chi connectivity index (χ4n) is 2.32. The van der Waals surface area contributed by atoms with E-state index in [1.165, 1.54) is 18.2 Å². The number of hydrogen-bond acceptors (Lipinski definition) is 4. The normalized spacial score (nSPS) is 16.5. The number of carbonyl (C=O) groups excluding carboxylic acids is 3. The van der Waals surface area contributed by atoms with Crippen LogP contribution in [0.2, 0.25) is 0 Å². The fraction of sp³-hybridized carbons (Fsp3) is 0.0556. The lowest BCUT2D eigenvalue weighted by atomic mass is 10.1. The van der Waals surface area contributed by atoms with Crippen molar-refractivity contribution in [2.24, 2.45) is 0 Å². The number of hydrogen-bond donors (Lipinski definition) is 2. The van der Waals surface area contributed by atoms with Crippen LogP contribution in [0.3, 0.4) is 0 Å². The molecule has 0 aromatic heterocycles. The van der Waals surface area contributed by atoms with Gasteiger partial charge in [0.05, 0.1) is 5.69 Å². The van der Waals surface area contributed by atoms with Crippen LogP contribution in [-0.4, -0.2) is 23.0 Å². The van der Waals surface area contributed by atoms with Crippen molar-refractivity contribution in [2.45, 2.75) is 6.92 Å². The Bertz CT molecular complexity index is 852. The molecule has 2 aromatic carbocycles. The number of amides is 4. The zero-order valence-electron chi connectivity index (χ0n) is 12.8. The summed E-state index contributed by atoms with van der Waals surface area (Å²) in [4.78, 5) is 37.6. The second-order valence-corrected chi connectivity index (χ2v) is 5.38. The van der Waals surface area contributed by atoms with E-state index in [0.717, 1.165) is 10.5 Å². The van der Waals surface area contributed by atoms with E-state index in [1.807, 2.05) is 6.92 Å². The second kappa shape index (κ2) is 6.00. The third kappa shape index (κ3) is 2.89. The Morgan fingerprint density at radius 2 is 1.58 bits per heavy atom. The van der Waals surface area contributed by atoms with Gasteiger partial charge in [-0.3, -0.25) is 14.9 Å². The van der Waals surface area contributed by atoms with Crippen molar-refractivity contribution in [3.63, 3.8) is 0 Å². The second-order valence-electron chi connectivity index (χ2n) is 5.38. The molecular weight excluding hydrogens is 308 g/mol. The lowest BCUT2D eigenvalue weighted by Crippen LogP contribution is -2.54. The van der Waals surface area contributed by atoms with E-state index in [0.29, 0.717) is 11.3 Å². The molecule has 1 fully saturated rings. The summed E-state index contributed by atoms with van der Waals surface area (Å²) in [6, 6.07) is 12.1. The van der Waals surface area contributed by atoms with Crippen molar-refractivity contribution in [2.75, 3.05) is 4.90 Å². The van der Waals surface area contributed by atoms with Gasteiger partial charge in [0.1, 0.15) is 11.3 Å². The molecule has 0 aliphatic carbocycles. The monoisotopic (exact) mass is 322 g/mol. The first kappa shape index (κ1) is 15.5. The number of nitrogens with one attached hydrogen (secondary N) is 1. The number of urea groups is 1. The van der Waals surface area contributed by atoms with E-state index in [2.05, 4.69) is 5.32 Å². The molecule has 0 spiro atoms. The summed E-state index contributed by atoms with van der Waals surface area (Å²) in [5.41, 5.74) is 1.78. The number of barbiturate groups is 1. The molecule has 6 nitrogen and oxygen atoms in total. The Morgan fingerprint density at radius 1 is 0.958 bits per heavy atom. The molecule has 0 saturated carbocycles. The number of rotatable bonds is 2. The van der Waals surface area contributed by atoms with Gasteiger partial charge in [0.15, 0.2) is 0 Å². The predicted molar refractivity (Wildman–Crippen MR) is 88.3 cm³/mol. The number of benzene rings is 2. The van der Waals surface area contributed by atoms with Gasteiger partial charge in [-0.2, -0.15) is 0 Å². The Morgan fingerprint density at radius 3 is 2.21 bits per heavy atom. The maximum absolute atomic E-state index is 12.6. The van der Waals surface area contributed by atoms with E-state index in [4.69, 9.17) is 0 Å². The van der Waals surface area contributed by atoms with Crippen LogP contribution >= 0.6 is 0 Å². The highest BCUT2D eigenvalue weighted by Crippen LogP contribution is 2.22. The van der Waals surface area contributed by atoms with Crippen molar-refractivity contribution in [3.05, 3.63) is 65.2 Å². The maximum atomic E-state index is 12.6. The number of phenols is 1. The van der Waals surface area contributed by atoms with Gasteiger partial charge in [-0.05, 0) is 42.8 Å². The van der Waals surface area contributed by atoms with E-state index in [-0.39, 0.29) is 11.3 Å². The molecule has 6 heteroatoms. The van der Waals surface area contributed by atoms with Crippen LogP contribution in [0.4, 0.5) is 10.5 Å². The third-order valence-corrected chi connectivity index (χ3v) is 3.60. The number of aryl methyl sites for hydroxylation is 1. The minimum atomic E-state index is -0.781. The summed E-state index contributed by atoms with van der Waals surface area (Å²) in [7, 11) is 0. The van der Waals surface area contributed by atoms with Crippen LogP contribution in [0.1, 0.15) is 11.1 Å². The number of anilines is 1. The van der Waals surface area contributed by atoms with E-state index in [9.17, 15) is 19.5 Å². The first-order valence-electron chi connectivity index (χ1n) is 7.23. The molecule has 2 aromatic rings. The largest absolute Gasteiger partial charge is 0.508 e. The molecule has 1 heterocycles. The molecular formula is C18H14N2O4. The van der Waals surface area contributed by atoms with E-state index >= 15 is 0 Å². The van der Waals surface area contributed by atoms with Crippen molar-refractivity contribution in [1.29, 1.82) is 0 Å². The first-order valence-corrected chi connectivity index (χ1v) is 7.23. The van der Waals surface area contributed by atoms with Gasteiger partial charge < -0.3 is 5.11 Å². The van der Waals surface area contributed by atoms with Crippen LogP contribution in [-0.2, 0) is 9.59 Å². The van der Waals surface area contributed by atoms with Gasteiger partial charge in [0, 0.05) is 0 Å². The average Bonchev–Trinajstić information content (AvgIpc) is 2.55. The molecule has 4 amide bonds. The summed E-state index contributed by atoms with van der Waals surface area (Å²) in [5, 5.41) is 11.5. The Hall–Kier alpha value is -3.41. The molecule has 1 aliphatic rings. The smallest absolute Gasteiger partial charge is 0.335 e. The average molecular weight is 322 g/mol. The van der Waals surface area contributed by atoms with Crippen molar-refractivity contribution in [3.8, 4) is 5.75 Å². The van der Waals surface area contributed by atoms with Crippen LogP contribution in [0.25, 0.3) is 6.08 Å². The molecule has 24 heavy (non-hydrogen) atoms. The number of nitrogens with zero attached hydrogens (tertiary/aromatic N) is 1. The predicted octanol–water partition coefficient (Wildman–Crippen LogP) is 2.37. The summed E-state index contributed by atoms with van der Waals surface area (Å²) in [5.74, 6) is -1.37. The third-order valence-electron chi connectivity index (χ3n) is 3.60. The zero-order valence-corrected chi connectivity index (χ0v) is 12.8. The minimum Gasteiger partial charge on any atom is -0.508 e. The molecule has 1 aliphatic heterocycles. The summed E-state index contributed by atoms with van der Waals surface area (Å²) < 4.78 is 0. The van der Waals surface area contributed by atoms with Gasteiger partial charge in [-0.25, -0.2) is 9.69 Å². The molecule has 1 saturated heterocycles. The summed E-state index contributed by atoms with van der Waals surface area (Å²) in [6.45, 7) is 1.89. The van der Waals surface area contributed by atoms with Crippen LogP contribution in [0.15, 0.2) is 54.1 Å². The Kier molecular flexibility index (Phi) is 3.87. The number of imide groups is 2. The highest BCUT2D eigenvalue weighted by atomic mass is 16.3. The fourth-order valence-corrected chi connectivity index (χ4v) is 2.32. The highest BCUT2D eigenvalue weighted by Gasteiger charge is 2.36. The standard InChI is InChI=1S/C18H14N2O4/c1-11-2-6-13(7-3-11)20-17(23)15(16(22)19-18(20)24)10-12-4-8-14(21)9-5-12/h2-10,21H,1H3,(H,19,22,24). The van der Waals surface area contributed by atoms with Gasteiger partial charge in [0.2, 0.25) is 0 Å². The lowest BCUT2D eigenvalue weighted by molar-refractivity contribution is -0.122. The first-order chi connectivity index (χ1) is 11.5. The van der Waals surface area contributed by atoms with Gasteiger partial charge >= 0.3 is 6.03 Å². The highest BCUT2D eigenvalue weighted by molar-refractivity contribution is 6.39. The number of phenolic OH excluding ortho intramolecular Hbond substituents is 1. The van der Waals surface area contributed by atoms with Crippen molar-refractivity contribution >= 4 is 29.6 Å². The van der Waals surface area contributed by atoms with Crippen LogP contribution < -0.4 is 10.2 Å². The quantitative estimate of drug-likeness (QED) is 0.656. The molecule has 0 radical (unpaired) electrons. The number of aromatic hydroxyl groups is 1. The molecule has 0 bridgehead atoms. The summed E-state index contributed by atoms with van der Waals surface area (Å²) in [6.07, 6.45) is 1.38. The lowest BCUT2D eigenvalue weighted by Gasteiger charge is -2.26. The van der Waals surface area contributed by atoms with Crippen molar-refractivity contribution < 1.29 is 19.5 Å². The topological polar surface area (TPSA) is 86.7 Å². The van der Waals surface area contributed by atoms with E-state index < -0.39 is 17.8 Å².